The van der Waals surface area contributed by atoms with Gasteiger partial charge in [-0.15, -0.1) is 0 Å². The second-order valence-electron chi connectivity index (χ2n) is 4.95. The van der Waals surface area contributed by atoms with E-state index < -0.39 is 5.97 Å². The summed E-state index contributed by atoms with van der Waals surface area (Å²) in [5.41, 5.74) is 0.318. The van der Waals surface area contributed by atoms with Gasteiger partial charge in [-0.2, -0.15) is 0 Å². The summed E-state index contributed by atoms with van der Waals surface area (Å²) in [6.45, 7) is 3.41. The van der Waals surface area contributed by atoms with E-state index in [-0.39, 0.29) is 23.3 Å². The van der Waals surface area contributed by atoms with Crippen molar-refractivity contribution < 1.29 is 19.4 Å². The first-order chi connectivity index (χ1) is 9.52. The number of hydrogen-bond acceptors (Lipinski definition) is 4. The number of carbonyl (C=O) groups excluding carboxylic acids is 1. The van der Waals surface area contributed by atoms with E-state index in [0.29, 0.717) is 18.0 Å². The predicted octanol–water partition coefficient (Wildman–Crippen LogP) is 1.19. The number of amides is 1. The Morgan fingerprint density at radius 2 is 2.15 bits per heavy atom. The summed E-state index contributed by atoms with van der Waals surface area (Å²) in [6.07, 6.45) is 0. The molecule has 1 aliphatic rings. The Balaban J connectivity index is 2.20. The van der Waals surface area contributed by atoms with Crippen LogP contribution in [0.3, 0.4) is 0 Å². The van der Waals surface area contributed by atoms with Crippen LogP contribution in [-0.4, -0.2) is 37.2 Å². The highest BCUT2D eigenvalue weighted by atomic mass is 16.5. The summed E-state index contributed by atoms with van der Waals surface area (Å²) in [4.78, 5) is 23.4. The average Bonchev–Trinajstić information content (AvgIpc) is 2.85. The van der Waals surface area contributed by atoms with Crippen molar-refractivity contribution in [2.24, 2.45) is 11.8 Å². The number of nitrogens with one attached hydrogen (secondary N) is 2. The fraction of sp³-hybridized carbons (Fsp3) is 0.429. The molecular formula is C14H18N2O4. The van der Waals surface area contributed by atoms with Crippen LogP contribution in [0.1, 0.15) is 17.3 Å². The van der Waals surface area contributed by atoms with Crippen LogP contribution >= 0.6 is 0 Å². The molecule has 2 atom stereocenters. The molecule has 0 bridgehead atoms. The van der Waals surface area contributed by atoms with Crippen molar-refractivity contribution in [2.75, 3.05) is 25.5 Å². The highest BCUT2D eigenvalue weighted by Crippen LogP contribution is 2.24. The lowest BCUT2D eigenvalue weighted by molar-refractivity contribution is -0.120. The molecule has 0 aliphatic carbocycles. The van der Waals surface area contributed by atoms with Crippen LogP contribution in [0.25, 0.3) is 0 Å². The van der Waals surface area contributed by atoms with Gasteiger partial charge in [0.1, 0.15) is 5.75 Å². The van der Waals surface area contributed by atoms with Gasteiger partial charge in [0.05, 0.1) is 24.3 Å². The number of methoxy groups -OCH3 is 1. The Labute approximate surface area is 117 Å². The van der Waals surface area contributed by atoms with E-state index in [1.54, 1.807) is 12.1 Å². The van der Waals surface area contributed by atoms with Crippen molar-refractivity contribution in [1.29, 1.82) is 0 Å². The minimum atomic E-state index is -1.10. The summed E-state index contributed by atoms with van der Waals surface area (Å²) in [5.74, 6) is -0.719. The number of rotatable bonds is 4. The van der Waals surface area contributed by atoms with E-state index in [1.165, 1.54) is 13.2 Å². The standard InChI is InChI=1S/C14H18N2O4/c1-8-6-15-7-11(8)13(17)16-12-4-3-9(20-2)5-10(12)14(18)19/h3-5,8,11,15H,6-7H2,1-2H3,(H,16,17)(H,18,19)/t8-,11-/m1/s1. The third-order valence-electron chi connectivity index (χ3n) is 3.57. The van der Waals surface area contributed by atoms with Crippen LogP contribution in [0.15, 0.2) is 18.2 Å². The molecule has 0 aromatic heterocycles. The second kappa shape index (κ2) is 5.92. The summed E-state index contributed by atoms with van der Waals surface area (Å²) < 4.78 is 5.00. The van der Waals surface area contributed by atoms with E-state index in [9.17, 15) is 14.7 Å². The monoisotopic (exact) mass is 278 g/mol. The topological polar surface area (TPSA) is 87.7 Å². The minimum absolute atomic E-state index is 0.0244. The average molecular weight is 278 g/mol. The fourth-order valence-corrected chi connectivity index (χ4v) is 2.32. The Morgan fingerprint density at radius 1 is 1.40 bits per heavy atom. The predicted molar refractivity (Wildman–Crippen MR) is 74.1 cm³/mol. The van der Waals surface area contributed by atoms with Gasteiger partial charge in [-0.05, 0) is 30.7 Å². The van der Waals surface area contributed by atoms with Crippen molar-refractivity contribution >= 4 is 17.6 Å². The Hall–Kier alpha value is -2.08. The smallest absolute Gasteiger partial charge is 0.337 e. The highest BCUT2D eigenvalue weighted by Gasteiger charge is 2.30. The molecular weight excluding hydrogens is 260 g/mol. The Bertz CT molecular complexity index is 530. The number of ether oxygens (including phenoxy) is 1. The zero-order valence-electron chi connectivity index (χ0n) is 11.5. The molecule has 108 valence electrons. The molecule has 1 heterocycles. The number of carbonyl (C=O) groups is 2. The minimum Gasteiger partial charge on any atom is -0.497 e. The Morgan fingerprint density at radius 3 is 2.70 bits per heavy atom. The summed E-state index contributed by atoms with van der Waals surface area (Å²) in [5, 5.41) is 15.0. The summed E-state index contributed by atoms with van der Waals surface area (Å²) >= 11 is 0. The molecule has 1 aliphatic heterocycles. The SMILES string of the molecule is COc1ccc(NC(=O)[C@@H]2CNC[C@H]2C)c(C(=O)O)c1. The quantitative estimate of drug-likeness (QED) is 0.770. The van der Waals surface area contributed by atoms with Crippen molar-refractivity contribution in [3.05, 3.63) is 23.8 Å². The molecule has 1 fully saturated rings. The molecule has 1 amide bonds. The molecule has 1 saturated heterocycles. The lowest BCUT2D eigenvalue weighted by atomic mass is 9.97. The number of carboxylic acid groups (broad SMARTS) is 1. The van der Waals surface area contributed by atoms with Crippen LogP contribution in [-0.2, 0) is 4.79 Å². The van der Waals surface area contributed by atoms with E-state index in [1.807, 2.05) is 6.92 Å². The molecule has 0 saturated carbocycles. The molecule has 1 aromatic rings. The van der Waals surface area contributed by atoms with Gasteiger partial charge < -0.3 is 20.5 Å². The molecule has 1 aromatic carbocycles. The number of anilines is 1. The van der Waals surface area contributed by atoms with Gasteiger partial charge in [0.25, 0.3) is 0 Å². The lowest BCUT2D eigenvalue weighted by Crippen LogP contribution is -2.28. The van der Waals surface area contributed by atoms with Crippen molar-refractivity contribution in [3.63, 3.8) is 0 Å². The van der Waals surface area contributed by atoms with Gasteiger partial charge in [-0.1, -0.05) is 6.92 Å². The Kier molecular flexibility index (Phi) is 4.24. The maximum atomic E-state index is 12.2. The maximum absolute atomic E-state index is 12.2. The van der Waals surface area contributed by atoms with E-state index in [0.717, 1.165) is 6.54 Å². The fourth-order valence-electron chi connectivity index (χ4n) is 2.32. The summed E-state index contributed by atoms with van der Waals surface area (Å²) in [7, 11) is 1.46. The highest BCUT2D eigenvalue weighted by molar-refractivity contribution is 6.01. The maximum Gasteiger partial charge on any atom is 0.337 e. The largest absolute Gasteiger partial charge is 0.497 e. The van der Waals surface area contributed by atoms with Gasteiger partial charge in [0.2, 0.25) is 5.91 Å². The normalized spacial score (nSPS) is 21.5. The van der Waals surface area contributed by atoms with Crippen molar-refractivity contribution in [1.82, 2.24) is 5.32 Å². The molecule has 0 radical (unpaired) electrons. The number of benzene rings is 1. The summed E-state index contributed by atoms with van der Waals surface area (Å²) in [6, 6.07) is 4.57. The molecule has 0 spiro atoms. The van der Waals surface area contributed by atoms with Crippen LogP contribution < -0.4 is 15.4 Å². The lowest BCUT2D eigenvalue weighted by Gasteiger charge is -2.15. The first kappa shape index (κ1) is 14.3. The number of hydrogen-bond donors (Lipinski definition) is 3. The van der Waals surface area contributed by atoms with Crippen LogP contribution in [0.2, 0.25) is 0 Å². The van der Waals surface area contributed by atoms with Gasteiger partial charge in [0, 0.05) is 6.54 Å². The van der Waals surface area contributed by atoms with Crippen LogP contribution in [0, 0.1) is 11.8 Å². The third-order valence-corrected chi connectivity index (χ3v) is 3.57. The van der Waals surface area contributed by atoms with Gasteiger partial charge in [-0.3, -0.25) is 4.79 Å². The first-order valence-corrected chi connectivity index (χ1v) is 6.46. The van der Waals surface area contributed by atoms with Gasteiger partial charge in [-0.25, -0.2) is 4.79 Å². The van der Waals surface area contributed by atoms with Crippen molar-refractivity contribution in [2.45, 2.75) is 6.92 Å². The first-order valence-electron chi connectivity index (χ1n) is 6.46. The van der Waals surface area contributed by atoms with E-state index in [4.69, 9.17) is 4.74 Å². The molecule has 20 heavy (non-hydrogen) atoms. The second-order valence-corrected chi connectivity index (χ2v) is 4.95. The van der Waals surface area contributed by atoms with Crippen LogP contribution in [0.4, 0.5) is 5.69 Å². The number of aromatic carboxylic acids is 1. The number of carboxylic acids is 1. The molecule has 3 N–H and O–H groups in total. The zero-order valence-corrected chi connectivity index (χ0v) is 11.5. The van der Waals surface area contributed by atoms with Crippen LogP contribution in [0.5, 0.6) is 5.75 Å². The van der Waals surface area contributed by atoms with Gasteiger partial charge >= 0.3 is 5.97 Å². The molecule has 6 heteroatoms. The van der Waals surface area contributed by atoms with Gasteiger partial charge in [0.15, 0.2) is 0 Å². The van der Waals surface area contributed by atoms with E-state index in [2.05, 4.69) is 10.6 Å². The molecule has 2 rings (SSSR count). The van der Waals surface area contributed by atoms with E-state index >= 15 is 0 Å². The molecule has 6 nitrogen and oxygen atoms in total. The zero-order chi connectivity index (χ0) is 14.7. The molecule has 0 unspecified atom stereocenters. The van der Waals surface area contributed by atoms with Crippen molar-refractivity contribution in [3.8, 4) is 5.75 Å². The third kappa shape index (κ3) is 2.91.